The first-order valence-corrected chi connectivity index (χ1v) is 8.12. The van der Waals surface area contributed by atoms with Crippen molar-refractivity contribution >= 4 is 40.7 Å². The van der Waals surface area contributed by atoms with Gasteiger partial charge >= 0.3 is 0 Å². The van der Waals surface area contributed by atoms with Gasteiger partial charge in [-0.3, -0.25) is 30.0 Å². The van der Waals surface area contributed by atoms with Crippen LogP contribution in [0.5, 0.6) is 0 Å². The highest BCUT2D eigenvalue weighted by Gasteiger charge is 2.29. The molecular weight excluding hydrogens is 342 g/mol. The molecule has 0 radical (unpaired) electrons. The lowest BCUT2D eigenvalue weighted by Gasteiger charge is -2.03. The molecule has 0 bridgehead atoms. The lowest BCUT2D eigenvalue weighted by atomic mass is 10.0. The minimum Gasteiger partial charge on any atom is -0.457 e. The molecule has 1 aromatic carbocycles. The number of rotatable bonds is 2. The molecule has 2 aliphatic rings. The van der Waals surface area contributed by atoms with Crippen molar-refractivity contribution in [2.45, 2.75) is 0 Å². The monoisotopic (exact) mass is 353 g/mol. The molecule has 7 nitrogen and oxygen atoms in total. The van der Waals surface area contributed by atoms with Crippen LogP contribution >= 0.6 is 11.8 Å². The van der Waals surface area contributed by atoms with E-state index < -0.39 is 11.8 Å². The molecule has 124 valence electrons. The molecule has 1 saturated heterocycles. The van der Waals surface area contributed by atoms with Gasteiger partial charge in [0.2, 0.25) is 0 Å². The quantitative estimate of drug-likeness (QED) is 0.637. The second kappa shape index (κ2) is 5.45. The third-order valence-corrected chi connectivity index (χ3v) is 4.93. The Bertz CT molecular complexity index is 1010. The number of furan rings is 1. The van der Waals surface area contributed by atoms with Crippen LogP contribution in [0, 0.1) is 5.41 Å². The van der Waals surface area contributed by atoms with Crippen molar-refractivity contribution in [2.24, 2.45) is 0 Å². The van der Waals surface area contributed by atoms with Gasteiger partial charge < -0.3 is 4.42 Å². The van der Waals surface area contributed by atoms with Crippen molar-refractivity contribution < 1.29 is 18.8 Å². The normalized spacial score (nSPS) is 18.3. The number of amides is 3. The van der Waals surface area contributed by atoms with Crippen molar-refractivity contribution in [2.75, 3.05) is 7.05 Å². The Balaban J connectivity index is 1.66. The Hall–Kier alpha value is -3.13. The molecule has 1 fully saturated rings. The van der Waals surface area contributed by atoms with E-state index in [2.05, 4.69) is 5.32 Å². The number of likely N-dealkylation sites (N-methyl/N-ethyl adjacent to an activating group) is 1. The summed E-state index contributed by atoms with van der Waals surface area (Å²) in [6.45, 7) is 0. The molecule has 2 aliphatic heterocycles. The summed E-state index contributed by atoms with van der Waals surface area (Å²) in [7, 11) is 1.54. The Morgan fingerprint density at radius 1 is 1.12 bits per heavy atom. The predicted molar refractivity (Wildman–Crippen MR) is 92.0 cm³/mol. The SMILES string of the molecule is CN1C(=N)S/C(=C\c2ccc(-c3ccc4c(c3)C(=O)NC4=O)o2)C1=O. The zero-order valence-corrected chi connectivity index (χ0v) is 13.8. The van der Waals surface area contributed by atoms with E-state index in [-0.39, 0.29) is 11.1 Å². The zero-order chi connectivity index (χ0) is 17.7. The average Bonchev–Trinajstić information content (AvgIpc) is 3.23. The van der Waals surface area contributed by atoms with E-state index in [1.807, 2.05) is 0 Å². The number of benzene rings is 1. The number of hydrogen-bond donors (Lipinski definition) is 2. The van der Waals surface area contributed by atoms with Gasteiger partial charge in [-0.15, -0.1) is 0 Å². The number of thioether (sulfide) groups is 1. The largest absolute Gasteiger partial charge is 0.457 e. The first-order chi connectivity index (χ1) is 11.9. The number of carbonyl (C=O) groups excluding carboxylic acids is 3. The smallest absolute Gasteiger partial charge is 0.266 e. The van der Waals surface area contributed by atoms with Gasteiger partial charge in [0, 0.05) is 18.7 Å². The van der Waals surface area contributed by atoms with Crippen LogP contribution in [0.1, 0.15) is 26.5 Å². The van der Waals surface area contributed by atoms with Crippen LogP contribution in [0.15, 0.2) is 39.7 Å². The first kappa shape index (κ1) is 15.4. The average molecular weight is 353 g/mol. The summed E-state index contributed by atoms with van der Waals surface area (Å²) in [6, 6.07) is 8.31. The molecule has 8 heteroatoms. The third-order valence-electron chi connectivity index (χ3n) is 3.95. The fourth-order valence-electron chi connectivity index (χ4n) is 2.60. The van der Waals surface area contributed by atoms with Gasteiger partial charge in [0.05, 0.1) is 16.0 Å². The molecule has 3 heterocycles. The lowest BCUT2D eigenvalue weighted by Crippen LogP contribution is -2.22. The lowest BCUT2D eigenvalue weighted by molar-refractivity contribution is -0.121. The number of nitrogens with zero attached hydrogens (tertiary/aromatic N) is 1. The van der Waals surface area contributed by atoms with Crippen molar-refractivity contribution in [3.05, 3.63) is 52.1 Å². The van der Waals surface area contributed by atoms with Gasteiger partial charge in [0.25, 0.3) is 17.7 Å². The molecule has 3 amide bonds. The maximum absolute atomic E-state index is 12.0. The highest BCUT2D eigenvalue weighted by molar-refractivity contribution is 8.18. The van der Waals surface area contributed by atoms with Crippen LogP contribution in [-0.4, -0.2) is 34.8 Å². The van der Waals surface area contributed by atoms with Gasteiger partial charge in [-0.25, -0.2) is 0 Å². The Morgan fingerprint density at radius 2 is 1.88 bits per heavy atom. The van der Waals surface area contributed by atoms with Crippen LogP contribution in [0.4, 0.5) is 0 Å². The molecule has 2 aromatic rings. The van der Waals surface area contributed by atoms with Gasteiger partial charge in [0.1, 0.15) is 11.5 Å². The summed E-state index contributed by atoms with van der Waals surface area (Å²) in [6.07, 6.45) is 1.58. The summed E-state index contributed by atoms with van der Waals surface area (Å²) >= 11 is 1.07. The molecule has 0 spiro atoms. The number of fused-ring (bicyclic) bond motifs is 1. The topological polar surface area (TPSA) is 103 Å². The van der Waals surface area contributed by atoms with Crippen molar-refractivity contribution in [1.82, 2.24) is 10.2 Å². The molecule has 0 aliphatic carbocycles. The maximum Gasteiger partial charge on any atom is 0.266 e. The standard InChI is InChI=1S/C17H11N3O4S/c1-20-16(23)13(25-17(20)18)7-9-3-5-12(24-9)8-2-4-10-11(6-8)15(22)19-14(10)21/h2-7,18H,1H3,(H,19,21,22)/b13-7-,18-17?. The number of amidine groups is 1. The van der Waals surface area contributed by atoms with Crippen molar-refractivity contribution in [3.8, 4) is 11.3 Å². The van der Waals surface area contributed by atoms with Crippen molar-refractivity contribution in [3.63, 3.8) is 0 Å². The Kier molecular flexibility index (Phi) is 3.36. The second-order valence-corrected chi connectivity index (χ2v) is 6.56. The van der Waals surface area contributed by atoms with Gasteiger partial charge in [-0.2, -0.15) is 0 Å². The molecular formula is C17H11N3O4S. The fraction of sp³-hybridized carbons (Fsp3) is 0.0588. The van der Waals surface area contributed by atoms with E-state index in [1.165, 1.54) is 4.90 Å². The number of nitrogens with one attached hydrogen (secondary N) is 2. The number of imide groups is 1. The minimum absolute atomic E-state index is 0.164. The number of carbonyl (C=O) groups is 3. The zero-order valence-electron chi connectivity index (χ0n) is 13.0. The Labute approximate surface area is 146 Å². The van der Waals surface area contributed by atoms with Crippen LogP contribution in [0.2, 0.25) is 0 Å². The van der Waals surface area contributed by atoms with Crippen molar-refractivity contribution in [1.29, 1.82) is 5.41 Å². The minimum atomic E-state index is -0.426. The van der Waals surface area contributed by atoms with Crippen LogP contribution < -0.4 is 5.32 Å². The maximum atomic E-state index is 12.0. The summed E-state index contributed by atoms with van der Waals surface area (Å²) in [5.41, 5.74) is 1.32. The summed E-state index contributed by atoms with van der Waals surface area (Å²) in [5, 5.41) is 10.1. The third kappa shape index (κ3) is 2.47. The summed E-state index contributed by atoms with van der Waals surface area (Å²) in [4.78, 5) is 37.0. The highest BCUT2D eigenvalue weighted by Crippen LogP contribution is 2.32. The van der Waals surface area contributed by atoms with E-state index in [9.17, 15) is 14.4 Å². The van der Waals surface area contributed by atoms with E-state index in [0.29, 0.717) is 33.1 Å². The van der Waals surface area contributed by atoms with Gasteiger partial charge in [-0.05, 0) is 36.0 Å². The molecule has 25 heavy (non-hydrogen) atoms. The predicted octanol–water partition coefficient (Wildman–Crippen LogP) is 2.31. The highest BCUT2D eigenvalue weighted by atomic mass is 32.2. The van der Waals surface area contributed by atoms with Gasteiger partial charge in [0.15, 0.2) is 5.17 Å². The molecule has 1 aromatic heterocycles. The van der Waals surface area contributed by atoms with E-state index >= 15 is 0 Å². The van der Waals surface area contributed by atoms with Crippen LogP contribution in [0.25, 0.3) is 17.4 Å². The summed E-state index contributed by atoms with van der Waals surface area (Å²) < 4.78 is 5.72. The fourth-order valence-corrected chi connectivity index (χ4v) is 3.43. The summed E-state index contributed by atoms with van der Waals surface area (Å²) in [5.74, 6) is -0.0960. The first-order valence-electron chi connectivity index (χ1n) is 7.30. The number of hydrogen-bond acceptors (Lipinski definition) is 6. The molecule has 2 N–H and O–H groups in total. The molecule has 0 unspecified atom stereocenters. The second-order valence-electron chi connectivity index (χ2n) is 5.53. The molecule has 0 atom stereocenters. The van der Waals surface area contributed by atoms with Crippen LogP contribution in [0.3, 0.4) is 0 Å². The van der Waals surface area contributed by atoms with E-state index in [1.54, 1.807) is 43.5 Å². The Morgan fingerprint density at radius 3 is 2.60 bits per heavy atom. The van der Waals surface area contributed by atoms with Gasteiger partial charge in [-0.1, -0.05) is 6.07 Å². The van der Waals surface area contributed by atoms with E-state index in [0.717, 1.165) is 11.8 Å². The molecule has 4 rings (SSSR count). The van der Waals surface area contributed by atoms with E-state index in [4.69, 9.17) is 9.83 Å². The van der Waals surface area contributed by atoms with Crippen LogP contribution in [-0.2, 0) is 4.79 Å². The molecule has 0 saturated carbocycles.